The Morgan fingerprint density at radius 3 is 2.88 bits per heavy atom. The van der Waals surface area contributed by atoms with Crippen LogP contribution in [0.25, 0.3) is 0 Å². The average Bonchev–Trinajstić information content (AvgIpc) is 2.29. The lowest BCUT2D eigenvalue weighted by Crippen LogP contribution is -2.24. The van der Waals surface area contributed by atoms with Crippen LogP contribution in [-0.2, 0) is 4.79 Å². The van der Waals surface area contributed by atoms with E-state index in [1.54, 1.807) is 13.2 Å². The predicted molar refractivity (Wildman–Crippen MR) is 64.4 cm³/mol. The molecule has 0 saturated heterocycles. The molecule has 0 fully saturated rings. The van der Waals surface area contributed by atoms with Crippen LogP contribution in [-0.4, -0.2) is 13.0 Å². The molecular weight excluding hydrogens is 202 g/mol. The van der Waals surface area contributed by atoms with E-state index in [2.05, 4.69) is 5.32 Å². The molecule has 1 aromatic carbocycles. The third-order valence-corrected chi connectivity index (χ3v) is 2.27. The largest absolute Gasteiger partial charge is 0.497 e. The number of carbonyl (C=O) groups is 1. The Bertz CT molecular complexity index is 385. The van der Waals surface area contributed by atoms with Crippen molar-refractivity contribution in [2.45, 2.75) is 19.9 Å². The second kappa shape index (κ2) is 5.95. The first kappa shape index (κ1) is 12.3. The van der Waals surface area contributed by atoms with Gasteiger partial charge in [0.15, 0.2) is 0 Å². The number of hydrogen-bond acceptors (Lipinski definition) is 2. The van der Waals surface area contributed by atoms with Gasteiger partial charge in [-0.05, 0) is 37.6 Å². The van der Waals surface area contributed by atoms with Gasteiger partial charge in [0.1, 0.15) is 5.75 Å². The van der Waals surface area contributed by atoms with Crippen molar-refractivity contribution in [1.82, 2.24) is 5.32 Å². The third kappa shape index (κ3) is 3.42. The van der Waals surface area contributed by atoms with Crippen LogP contribution in [0.4, 0.5) is 0 Å². The van der Waals surface area contributed by atoms with Crippen molar-refractivity contribution in [3.63, 3.8) is 0 Å². The van der Waals surface area contributed by atoms with Crippen LogP contribution in [0.15, 0.2) is 36.4 Å². The standard InChI is InChI=1S/C13H17NO2/c1-4-6-13(15)14-10(2)11-7-5-8-12(9-11)16-3/h4-10H,1-3H3,(H,14,15)/b6-4+/t10-/m1/s1. The fourth-order valence-corrected chi connectivity index (χ4v) is 1.41. The quantitative estimate of drug-likeness (QED) is 0.790. The van der Waals surface area contributed by atoms with E-state index in [0.29, 0.717) is 0 Å². The molecule has 0 aromatic heterocycles. The first-order chi connectivity index (χ1) is 7.67. The predicted octanol–water partition coefficient (Wildman–Crippen LogP) is 2.45. The highest BCUT2D eigenvalue weighted by atomic mass is 16.5. The molecule has 0 bridgehead atoms. The molecule has 0 radical (unpaired) electrons. The maximum absolute atomic E-state index is 11.4. The number of carbonyl (C=O) groups excluding carboxylic acids is 1. The lowest BCUT2D eigenvalue weighted by Gasteiger charge is -2.13. The highest BCUT2D eigenvalue weighted by molar-refractivity contribution is 5.87. The monoisotopic (exact) mass is 219 g/mol. The van der Waals surface area contributed by atoms with E-state index in [9.17, 15) is 4.79 Å². The molecule has 3 nitrogen and oxygen atoms in total. The van der Waals surface area contributed by atoms with Gasteiger partial charge in [-0.3, -0.25) is 4.79 Å². The third-order valence-electron chi connectivity index (χ3n) is 2.27. The first-order valence-electron chi connectivity index (χ1n) is 5.24. The van der Waals surface area contributed by atoms with Crippen LogP contribution >= 0.6 is 0 Å². The maximum atomic E-state index is 11.4. The van der Waals surface area contributed by atoms with Gasteiger partial charge in [0.2, 0.25) is 5.91 Å². The van der Waals surface area contributed by atoms with Gasteiger partial charge in [-0.25, -0.2) is 0 Å². The van der Waals surface area contributed by atoms with Crippen LogP contribution in [0.5, 0.6) is 5.75 Å². The number of methoxy groups -OCH3 is 1. The summed E-state index contributed by atoms with van der Waals surface area (Å²) >= 11 is 0. The van der Waals surface area contributed by atoms with Gasteiger partial charge in [0, 0.05) is 0 Å². The number of allylic oxidation sites excluding steroid dienone is 1. The van der Waals surface area contributed by atoms with E-state index in [-0.39, 0.29) is 11.9 Å². The summed E-state index contributed by atoms with van der Waals surface area (Å²) in [5.41, 5.74) is 1.03. The molecule has 0 spiro atoms. The molecule has 1 aromatic rings. The van der Waals surface area contributed by atoms with Crippen molar-refractivity contribution in [1.29, 1.82) is 0 Å². The van der Waals surface area contributed by atoms with E-state index in [1.165, 1.54) is 6.08 Å². The van der Waals surface area contributed by atoms with Gasteiger partial charge in [0.25, 0.3) is 0 Å². The maximum Gasteiger partial charge on any atom is 0.244 e. The van der Waals surface area contributed by atoms with E-state index >= 15 is 0 Å². The Labute approximate surface area is 96.1 Å². The molecule has 0 aliphatic carbocycles. The van der Waals surface area contributed by atoms with Gasteiger partial charge in [-0.1, -0.05) is 18.2 Å². The van der Waals surface area contributed by atoms with Crippen molar-refractivity contribution in [3.05, 3.63) is 42.0 Å². The molecule has 1 N–H and O–H groups in total. The number of rotatable bonds is 4. The second-order valence-electron chi connectivity index (χ2n) is 3.51. The minimum Gasteiger partial charge on any atom is -0.497 e. The van der Waals surface area contributed by atoms with Crippen molar-refractivity contribution in [3.8, 4) is 5.75 Å². The Balaban J connectivity index is 2.72. The Morgan fingerprint density at radius 1 is 1.50 bits per heavy atom. The molecule has 0 unspecified atom stereocenters. The normalized spacial score (nSPS) is 12.4. The van der Waals surface area contributed by atoms with Gasteiger partial charge in [0.05, 0.1) is 13.2 Å². The number of nitrogens with one attached hydrogen (secondary N) is 1. The average molecular weight is 219 g/mol. The smallest absolute Gasteiger partial charge is 0.244 e. The summed E-state index contributed by atoms with van der Waals surface area (Å²) in [6, 6.07) is 7.64. The Hall–Kier alpha value is -1.77. The Morgan fingerprint density at radius 2 is 2.25 bits per heavy atom. The highest BCUT2D eigenvalue weighted by Crippen LogP contribution is 2.18. The van der Waals surface area contributed by atoms with Crippen molar-refractivity contribution in [2.75, 3.05) is 7.11 Å². The van der Waals surface area contributed by atoms with Crippen molar-refractivity contribution < 1.29 is 9.53 Å². The van der Waals surface area contributed by atoms with Crippen LogP contribution in [0.2, 0.25) is 0 Å². The summed E-state index contributed by atoms with van der Waals surface area (Å²) in [5.74, 6) is 0.711. The Kier molecular flexibility index (Phi) is 4.58. The van der Waals surface area contributed by atoms with E-state index in [1.807, 2.05) is 38.1 Å². The summed E-state index contributed by atoms with van der Waals surface area (Å²) in [7, 11) is 1.63. The molecule has 0 saturated carbocycles. The van der Waals surface area contributed by atoms with E-state index in [0.717, 1.165) is 11.3 Å². The van der Waals surface area contributed by atoms with Gasteiger partial charge in [-0.2, -0.15) is 0 Å². The van der Waals surface area contributed by atoms with Gasteiger partial charge in [-0.15, -0.1) is 0 Å². The molecule has 16 heavy (non-hydrogen) atoms. The molecule has 1 atom stereocenters. The van der Waals surface area contributed by atoms with E-state index in [4.69, 9.17) is 4.74 Å². The summed E-state index contributed by atoms with van der Waals surface area (Å²) in [6.45, 7) is 3.76. The summed E-state index contributed by atoms with van der Waals surface area (Å²) in [6.07, 6.45) is 3.23. The molecule has 0 heterocycles. The molecule has 0 aliphatic rings. The molecule has 86 valence electrons. The lowest BCUT2D eigenvalue weighted by atomic mass is 10.1. The zero-order valence-corrected chi connectivity index (χ0v) is 9.86. The zero-order valence-electron chi connectivity index (χ0n) is 9.86. The topological polar surface area (TPSA) is 38.3 Å². The van der Waals surface area contributed by atoms with Gasteiger partial charge < -0.3 is 10.1 Å². The number of benzene rings is 1. The number of hydrogen-bond donors (Lipinski definition) is 1. The summed E-state index contributed by atoms with van der Waals surface area (Å²) in [4.78, 5) is 11.4. The van der Waals surface area contributed by atoms with Crippen molar-refractivity contribution in [2.24, 2.45) is 0 Å². The molecule has 0 aliphatic heterocycles. The summed E-state index contributed by atoms with van der Waals surface area (Å²) < 4.78 is 5.13. The van der Waals surface area contributed by atoms with Crippen LogP contribution in [0.1, 0.15) is 25.5 Å². The van der Waals surface area contributed by atoms with Crippen LogP contribution < -0.4 is 10.1 Å². The fraction of sp³-hybridized carbons (Fsp3) is 0.308. The van der Waals surface area contributed by atoms with Crippen LogP contribution in [0, 0.1) is 0 Å². The molecule has 3 heteroatoms. The minimum absolute atomic E-state index is 0.0289. The second-order valence-corrected chi connectivity index (χ2v) is 3.51. The highest BCUT2D eigenvalue weighted by Gasteiger charge is 2.07. The lowest BCUT2D eigenvalue weighted by molar-refractivity contribution is -0.117. The number of amides is 1. The molecular formula is C13H17NO2. The zero-order chi connectivity index (χ0) is 12.0. The summed E-state index contributed by atoms with van der Waals surface area (Å²) in [5, 5.41) is 2.87. The van der Waals surface area contributed by atoms with Gasteiger partial charge >= 0.3 is 0 Å². The SMILES string of the molecule is C/C=C/C(=O)N[C@H](C)c1cccc(OC)c1. The minimum atomic E-state index is -0.0854. The van der Waals surface area contributed by atoms with Crippen molar-refractivity contribution >= 4 is 5.91 Å². The fourth-order valence-electron chi connectivity index (χ4n) is 1.41. The van der Waals surface area contributed by atoms with Crippen LogP contribution in [0.3, 0.4) is 0 Å². The number of ether oxygens (including phenoxy) is 1. The first-order valence-corrected chi connectivity index (χ1v) is 5.24. The van der Waals surface area contributed by atoms with E-state index < -0.39 is 0 Å². The molecule has 1 amide bonds. The molecule has 1 rings (SSSR count).